The molecule has 4 aromatic carbocycles. The molecular formula is C64H70N4. The lowest BCUT2D eigenvalue weighted by molar-refractivity contribution is 1.25. The molecule has 346 valence electrons. The number of H-pyrrole nitrogens is 2. The zero-order valence-electron chi connectivity index (χ0n) is 44.5. The number of aryl methyl sites for hydroxylation is 16. The highest BCUT2D eigenvalue weighted by molar-refractivity contribution is 6.09. The molecule has 0 amide bonds. The Hall–Kier alpha value is -6.52. The van der Waals surface area contributed by atoms with Crippen LogP contribution in [0.15, 0.2) is 48.5 Å². The summed E-state index contributed by atoms with van der Waals surface area (Å²) in [6.45, 7) is 45.3. The van der Waals surface area contributed by atoms with Crippen LogP contribution >= 0.6 is 0 Å². The van der Waals surface area contributed by atoms with Gasteiger partial charge in [0, 0.05) is 22.3 Å². The van der Waals surface area contributed by atoms with Gasteiger partial charge in [-0.15, -0.1) is 0 Å². The Morgan fingerprint density at radius 1 is 0.235 bits per heavy atom. The quantitative estimate of drug-likeness (QED) is 0.185. The smallest absolute Gasteiger partial charge is 0.0769 e. The van der Waals surface area contributed by atoms with Gasteiger partial charge in [0.1, 0.15) is 0 Å². The van der Waals surface area contributed by atoms with Crippen molar-refractivity contribution in [3.8, 4) is 44.5 Å². The molecular weight excluding hydrogens is 825 g/mol. The number of allylic oxidation sites excluding steroid dienone is 4. The second-order valence-corrected chi connectivity index (χ2v) is 21.0. The summed E-state index contributed by atoms with van der Waals surface area (Å²) in [6.07, 6.45) is 0. The average molecular weight is 895 g/mol. The molecule has 0 saturated heterocycles. The van der Waals surface area contributed by atoms with Gasteiger partial charge in [-0.1, -0.05) is 70.8 Å². The number of aromatic nitrogens is 4. The molecule has 2 aliphatic rings. The molecule has 9 rings (SSSR count). The van der Waals surface area contributed by atoms with Crippen LogP contribution in [0, 0.1) is 111 Å². The molecule has 0 saturated carbocycles. The number of fused-ring (bicyclic) bond motifs is 8. The Morgan fingerprint density at radius 3 is 0.559 bits per heavy atom. The molecule has 68 heavy (non-hydrogen) atoms. The minimum atomic E-state index is 1.01. The fourth-order valence-corrected chi connectivity index (χ4v) is 12.4. The van der Waals surface area contributed by atoms with Crippen LogP contribution in [0.5, 0.6) is 0 Å². The van der Waals surface area contributed by atoms with E-state index < -0.39 is 0 Å². The highest BCUT2D eigenvalue weighted by atomic mass is 14.8. The van der Waals surface area contributed by atoms with Crippen LogP contribution in [0.3, 0.4) is 0 Å². The zero-order valence-corrected chi connectivity index (χ0v) is 44.5. The number of rotatable bonds is 4. The third kappa shape index (κ3) is 7.08. The van der Waals surface area contributed by atoms with Crippen LogP contribution in [0.2, 0.25) is 0 Å². The average Bonchev–Trinajstić information content (AvgIpc) is 3.90. The lowest BCUT2D eigenvalue weighted by Gasteiger charge is -2.16. The topological polar surface area (TPSA) is 57.4 Å². The van der Waals surface area contributed by atoms with Gasteiger partial charge in [0.25, 0.3) is 0 Å². The van der Waals surface area contributed by atoms with Gasteiger partial charge in [0.05, 0.1) is 44.8 Å². The van der Waals surface area contributed by atoms with E-state index in [4.69, 9.17) is 9.97 Å². The van der Waals surface area contributed by atoms with E-state index in [1.165, 1.54) is 134 Å². The zero-order chi connectivity index (χ0) is 49.3. The predicted octanol–water partition coefficient (Wildman–Crippen LogP) is 17.8. The summed E-state index contributed by atoms with van der Waals surface area (Å²) in [7, 11) is 0. The third-order valence-corrected chi connectivity index (χ3v) is 15.8. The molecule has 4 heteroatoms. The van der Waals surface area contributed by atoms with Crippen molar-refractivity contribution in [2.24, 2.45) is 0 Å². The molecule has 8 bridgehead atoms. The van der Waals surface area contributed by atoms with Gasteiger partial charge in [-0.05, 0) is 250 Å². The first kappa shape index (κ1) is 46.6. The summed E-state index contributed by atoms with van der Waals surface area (Å²) >= 11 is 0. The molecule has 3 aromatic heterocycles. The number of nitrogens with zero attached hydrogens (tertiary/aromatic N) is 2. The second-order valence-electron chi connectivity index (χ2n) is 21.0. The van der Waals surface area contributed by atoms with Gasteiger partial charge in [-0.25, -0.2) is 9.97 Å². The normalized spacial score (nSPS) is 12.9. The highest BCUT2D eigenvalue weighted by Gasteiger charge is 2.31. The fraction of sp³-hybridized carbons (Fsp3) is 0.312. The summed E-state index contributed by atoms with van der Waals surface area (Å²) < 4.78 is 0. The number of hydrogen-bond donors (Lipinski definition) is 2. The molecule has 5 heterocycles. The number of benzene rings is 4. The van der Waals surface area contributed by atoms with Gasteiger partial charge in [-0.3, -0.25) is 0 Å². The second kappa shape index (κ2) is 16.6. The van der Waals surface area contributed by atoms with Gasteiger partial charge in [0.15, 0.2) is 0 Å². The van der Waals surface area contributed by atoms with Crippen LogP contribution < -0.4 is 0 Å². The standard InChI is InChI=1S/C64H70N4/c1-29-21-33(5)49(34(6)22-29)53-57-41(13)43(15)59(65-57)54(50-35(7)23-30(2)24-36(50)8)61-45(17)47(19)63(67-61)56(52-39(11)27-32(4)28-40(52)12)64-48(20)46(18)62(68-64)55(60-44(16)42(14)58(53)66-60)51-37(9)25-31(3)26-38(51)10/h21-28,65,68H,1-20H3. The first-order chi connectivity index (χ1) is 32.0. The molecule has 2 N–H and O–H groups in total. The number of hydrogen-bond acceptors (Lipinski definition) is 2. The monoisotopic (exact) mass is 895 g/mol. The molecule has 0 spiro atoms. The lowest BCUT2D eigenvalue weighted by atomic mass is 9.88. The van der Waals surface area contributed by atoms with Crippen LogP contribution in [0.1, 0.15) is 139 Å². The fourth-order valence-electron chi connectivity index (χ4n) is 12.4. The SMILES string of the molecule is CC1=C(C)c2nc1c(-c1c(C)cc(C)cc1C)c1[nH]c(c(C)c1C)c(-c1c(C)cc(C)cc1C)c1nc(c(-c3c(C)cc(C)cc3C)c3[nH]c(c(C)c3C)c2-c2c(C)cc(C)cc2C)C(C)=C1C. The largest absolute Gasteiger partial charge is 0.354 e. The van der Waals surface area contributed by atoms with Crippen LogP contribution in [-0.2, 0) is 0 Å². The maximum atomic E-state index is 6.00. The first-order valence-electron chi connectivity index (χ1n) is 24.5. The van der Waals surface area contributed by atoms with E-state index in [-0.39, 0.29) is 0 Å². The molecule has 0 unspecified atom stereocenters. The minimum absolute atomic E-state index is 1.01. The molecule has 0 aliphatic carbocycles. The van der Waals surface area contributed by atoms with Crippen molar-refractivity contribution in [1.29, 1.82) is 0 Å². The molecule has 0 fully saturated rings. The molecule has 7 aromatic rings. The molecule has 4 nitrogen and oxygen atoms in total. The summed E-state index contributed by atoms with van der Waals surface area (Å²) in [4.78, 5) is 20.5. The maximum absolute atomic E-state index is 6.00. The van der Waals surface area contributed by atoms with Crippen LogP contribution in [0.25, 0.3) is 88.9 Å². The Labute approximate surface area is 405 Å². The van der Waals surface area contributed by atoms with Gasteiger partial charge >= 0.3 is 0 Å². The van der Waals surface area contributed by atoms with E-state index in [9.17, 15) is 0 Å². The summed E-state index contributed by atoms with van der Waals surface area (Å²) in [5.41, 5.74) is 42.5. The van der Waals surface area contributed by atoms with E-state index >= 15 is 0 Å². The summed E-state index contributed by atoms with van der Waals surface area (Å²) in [5, 5.41) is 0. The Balaban J connectivity index is 1.70. The van der Waals surface area contributed by atoms with Crippen molar-refractivity contribution >= 4 is 44.4 Å². The maximum Gasteiger partial charge on any atom is 0.0769 e. The number of aromatic amines is 2. The molecule has 0 radical (unpaired) electrons. The highest BCUT2D eigenvalue weighted by Crippen LogP contribution is 2.50. The Bertz CT molecular complexity index is 3080. The van der Waals surface area contributed by atoms with Gasteiger partial charge in [-0.2, -0.15) is 0 Å². The van der Waals surface area contributed by atoms with Crippen molar-refractivity contribution in [2.75, 3.05) is 0 Å². The van der Waals surface area contributed by atoms with Crippen molar-refractivity contribution in [3.05, 3.63) is 160 Å². The third-order valence-electron chi connectivity index (χ3n) is 15.8. The Morgan fingerprint density at radius 2 is 0.397 bits per heavy atom. The van der Waals surface area contributed by atoms with E-state index in [0.29, 0.717) is 0 Å². The van der Waals surface area contributed by atoms with Crippen molar-refractivity contribution in [3.63, 3.8) is 0 Å². The van der Waals surface area contributed by atoms with Crippen molar-refractivity contribution in [2.45, 2.75) is 138 Å². The van der Waals surface area contributed by atoms with Gasteiger partial charge < -0.3 is 9.97 Å². The summed E-state index contributed by atoms with van der Waals surface area (Å²) in [5.74, 6) is 0. The summed E-state index contributed by atoms with van der Waals surface area (Å²) in [6, 6.07) is 18.7. The molecule has 2 aliphatic heterocycles. The predicted molar refractivity (Wildman–Crippen MR) is 295 cm³/mol. The van der Waals surface area contributed by atoms with Crippen molar-refractivity contribution in [1.82, 2.24) is 19.9 Å². The molecule has 0 atom stereocenters. The van der Waals surface area contributed by atoms with Crippen molar-refractivity contribution < 1.29 is 0 Å². The van der Waals surface area contributed by atoms with Crippen LogP contribution in [0.4, 0.5) is 0 Å². The van der Waals surface area contributed by atoms with E-state index in [0.717, 1.165) is 67.1 Å². The van der Waals surface area contributed by atoms with Gasteiger partial charge in [0.2, 0.25) is 0 Å². The lowest BCUT2D eigenvalue weighted by Crippen LogP contribution is -1.97. The Kier molecular flexibility index (Phi) is 11.4. The van der Waals surface area contributed by atoms with E-state index in [2.05, 4.69) is 197 Å². The van der Waals surface area contributed by atoms with E-state index in [1.54, 1.807) is 0 Å². The van der Waals surface area contributed by atoms with Crippen LogP contribution in [-0.4, -0.2) is 19.9 Å². The first-order valence-corrected chi connectivity index (χ1v) is 24.5. The minimum Gasteiger partial charge on any atom is -0.354 e. The van der Waals surface area contributed by atoms with E-state index in [1.807, 2.05) is 0 Å². The number of nitrogens with one attached hydrogen (secondary N) is 2.